The number of benzene rings is 1. The third-order valence-electron chi connectivity index (χ3n) is 3.50. The Labute approximate surface area is 124 Å². The Hall–Kier alpha value is -1.11. The summed E-state index contributed by atoms with van der Waals surface area (Å²) in [5.41, 5.74) is 0.815. The van der Waals surface area contributed by atoms with Gasteiger partial charge in [0.05, 0.1) is 4.90 Å². The largest absolute Gasteiger partial charge is 0.358 e. The number of rotatable bonds is 3. The van der Waals surface area contributed by atoms with Gasteiger partial charge in [0.15, 0.2) is 0 Å². The van der Waals surface area contributed by atoms with Gasteiger partial charge < -0.3 is 5.32 Å². The van der Waals surface area contributed by atoms with Crippen molar-refractivity contribution in [2.45, 2.75) is 30.7 Å². The summed E-state index contributed by atoms with van der Waals surface area (Å²) in [6, 6.07) is 3.99. The standard InChI is InChI=1S/C13H17ClN2O3S/c1-9-5-6-10(8-11(9)14)20(18,19)16-7-3-4-12(16)13(17)15-2/h5-6,8,12H,3-4,7H2,1-2H3,(H,15,17). The van der Waals surface area contributed by atoms with Crippen LogP contribution in [0, 0.1) is 6.92 Å². The third-order valence-corrected chi connectivity index (χ3v) is 5.81. The minimum atomic E-state index is -3.69. The zero-order chi connectivity index (χ0) is 14.9. The molecule has 1 heterocycles. The average Bonchev–Trinajstić information content (AvgIpc) is 2.90. The van der Waals surface area contributed by atoms with Gasteiger partial charge in [0.25, 0.3) is 0 Å². The van der Waals surface area contributed by atoms with E-state index in [9.17, 15) is 13.2 Å². The fourth-order valence-electron chi connectivity index (χ4n) is 2.33. The molecule has 0 aromatic heterocycles. The second-order valence-electron chi connectivity index (χ2n) is 4.80. The van der Waals surface area contributed by atoms with Gasteiger partial charge in [0.2, 0.25) is 15.9 Å². The van der Waals surface area contributed by atoms with Gasteiger partial charge in [-0.2, -0.15) is 4.31 Å². The molecule has 20 heavy (non-hydrogen) atoms. The number of hydrogen-bond acceptors (Lipinski definition) is 3. The molecule has 1 atom stereocenters. The Kier molecular flexibility index (Phi) is 4.36. The first-order valence-corrected chi connectivity index (χ1v) is 8.19. The molecule has 1 aliphatic heterocycles. The zero-order valence-corrected chi connectivity index (χ0v) is 13.0. The molecule has 0 saturated carbocycles. The van der Waals surface area contributed by atoms with Crippen LogP contribution in [0.3, 0.4) is 0 Å². The Morgan fingerprint density at radius 3 is 2.75 bits per heavy atom. The normalized spacial score (nSPS) is 20.1. The van der Waals surface area contributed by atoms with Crippen LogP contribution in [0.5, 0.6) is 0 Å². The topological polar surface area (TPSA) is 66.5 Å². The third kappa shape index (κ3) is 2.68. The predicted octanol–water partition coefficient (Wildman–Crippen LogP) is 1.55. The van der Waals surface area contributed by atoms with Crippen LogP contribution in [0.15, 0.2) is 23.1 Å². The molecular formula is C13H17ClN2O3S. The van der Waals surface area contributed by atoms with Gasteiger partial charge >= 0.3 is 0 Å². The Bertz CT molecular complexity index is 631. The summed E-state index contributed by atoms with van der Waals surface area (Å²) >= 11 is 5.99. The van der Waals surface area contributed by atoms with Crippen molar-refractivity contribution < 1.29 is 13.2 Å². The van der Waals surface area contributed by atoms with Crippen LogP contribution in [0.1, 0.15) is 18.4 Å². The summed E-state index contributed by atoms with van der Waals surface area (Å²) in [6.45, 7) is 2.16. The molecule has 7 heteroatoms. The number of aryl methyl sites for hydroxylation is 1. The molecule has 1 saturated heterocycles. The van der Waals surface area contributed by atoms with Crippen molar-refractivity contribution in [3.05, 3.63) is 28.8 Å². The number of amides is 1. The second-order valence-corrected chi connectivity index (χ2v) is 7.10. The van der Waals surface area contributed by atoms with Crippen LogP contribution in [0.4, 0.5) is 0 Å². The van der Waals surface area contributed by atoms with Gasteiger partial charge in [-0.15, -0.1) is 0 Å². The average molecular weight is 317 g/mol. The van der Waals surface area contributed by atoms with Crippen molar-refractivity contribution >= 4 is 27.5 Å². The smallest absolute Gasteiger partial charge is 0.243 e. The van der Waals surface area contributed by atoms with Crippen LogP contribution >= 0.6 is 11.6 Å². The van der Waals surface area contributed by atoms with Gasteiger partial charge in [-0.25, -0.2) is 8.42 Å². The Morgan fingerprint density at radius 1 is 1.45 bits per heavy atom. The quantitative estimate of drug-likeness (QED) is 0.920. The van der Waals surface area contributed by atoms with Crippen molar-refractivity contribution in [1.29, 1.82) is 0 Å². The van der Waals surface area contributed by atoms with Gasteiger partial charge in [0, 0.05) is 18.6 Å². The van der Waals surface area contributed by atoms with Crippen LogP contribution in [0.25, 0.3) is 0 Å². The van der Waals surface area contributed by atoms with E-state index in [1.165, 1.54) is 23.5 Å². The SMILES string of the molecule is CNC(=O)C1CCCN1S(=O)(=O)c1ccc(C)c(Cl)c1. The number of carbonyl (C=O) groups is 1. The molecule has 1 unspecified atom stereocenters. The molecule has 1 aliphatic rings. The highest BCUT2D eigenvalue weighted by atomic mass is 35.5. The molecule has 110 valence electrons. The molecule has 2 rings (SSSR count). The molecule has 1 aromatic rings. The molecule has 1 N–H and O–H groups in total. The summed E-state index contributed by atoms with van der Waals surface area (Å²) in [6.07, 6.45) is 1.22. The molecule has 0 spiro atoms. The molecule has 0 aliphatic carbocycles. The number of nitrogens with one attached hydrogen (secondary N) is 1. The molecule has 1 amide bonds. The Balaban J connectivity index is 2.38. The van der Waals surface area contributed by atoms with Crippen molar-refractivity contribution in [3.8, 4) is 0 Å². The van der Waals surface area contributed by atoms with E-state index in [1.54, 1.807) is 6.07 Å². The number of carbonyl (C=O) groups excluding carboxylic acids is 1. The van der Waals surface area contributed by atoms with Crippen molar-refractivity contribution in [2.24, 2.45) is 0 Å². The minimum absolute atomic E-state index is 0.129. The fourth-order valence-corrected chi connectivity index (χ4v) is 4.25. The van der Waals surface area contributed by atoms with E-state index in [0.29, 0.717) is 24.4 Å². The first-order chi connectivity index (χ1) is 9.37. The monoisotopic (exact) mass is 316 g/mol. The zero-order valence-electron chi connectivity index (χ0n) is 11.4. The molecule has 0 radical (unpaired) electrons. The number of sulfonamides is 1. The van der Waals surface area contributed by atoms with E-state index in [4.69, 9.17) is 11.6 Å². The van der Waals surface area contributed by atoms with E-state index >= 15 is 0 Å². The molecule has 1 aromatic carbocycles. The van der Waals surface area contributed by atoms with E-state index in [0.717, 1.165) is 5.56 Å². The maximum atomic E-state index is 12.6. The number of nitrogens with zero attached hydrogens (tertiary/aromatic N) is 1. The second kappa shape index (κ2) is 5.71. The Morgan fingerprint density at radius 2 is 2.15 bits per heavy atom. The maximum Gasteiger partial charge on any atom is 0.243 e. The molecule has 0 bridgehead atoms. The number of halogens is 1. The van der Waals surface area contributed by atoms with E-state index in [-0.39, 0.29) is 10.8 Å². The minimum Gasteiger partial charge on any atom is -0.358 e. The lowest BCUT2D eigenvalue weighted by atomic mass is 10.2. The number of hydrogen-bond donors (Lipinski definition) is 1. The van der Waals surface area contributed by atoms with Gasteiger partial charge in [-0.05, 0) is 37.5 Å². The lowest BCUT2D eigenvalue weighted by molar-refractivity contribution is -0.123. The van der Waals surface area contributed by atoms with Crippen molar-refractivity contribution in [1.82, 2.24) is 9.62 Å². The summed E-state index contributed by atoms with van der Waals surface area (Å²) in [4.78, 5) is 11.9. The molecular weight excluding hydrogens is 300 g/mol. The predicted molar refractivity (Wildman–Crippen MR) is 77.2 cm³/mol. The summed E-state index contributed by atoms with van der Waals surface area (Å²) in [5.74, 6) is -0.274. The maximum absolute atomic E-state index is 12.6. The lowest BCUT2D eigenvalue weighted by Crippen LogP contribution is -2.44. The summed E-state index contributed by atoms with van der Waals surface area (Å²) in [5, 5.41) is 2.91. The first kappa shape index (κ1) is 15.3. The van der Waals surface area contributed by atoms with Gasteiger partial charge in [0.1, 0.15) is 6.04 Å². The van der Waals surface area contributed by atoms with Crippen LogP contribution in [-0.4, -0.2) is 38.3 Å². The van der Waals surface area contributed by atoms with Crippen LogP contribution < -0.4 is 5.32 Å². The molecule has 5 nitrogen and oxygen atoms in total. The van der Waals surface area contributed by atoms with Gasteiger partial charge in [-0.1, -0.05) is 17.7 Å². The first-order valence-electron chi connectivity index (χ1n) is 6.37. The summed E-state index contributed by atoms with van der Waals surface area (Å²) < 4.78 is 26.5. The van der Waals surface area contributed by atoms with Gasteiger partial charge in [-0.3, -0.25) is 4.79 Å². The highest BCUT2D eigenvalue weighted by Gasteiger charge is 2.39. The van der Waals surface area contributed by atoms with Crippen molar-refractivity contribution in [2.75, 3.05) is 13.6 Å². The molecule has 1 fully saturated rings. The fraction of sp³-hybridized carbons (Fsp3) is 0.462. The highest BCUT2D eigenvalue weighted by molar-refractivity contribution is 7.89. The van der Waals surface area contributed by atoms with E-state index in [2.05, 4.69) is 5.32 Å². The summed E-state index contributed by atoms with van der Waals surface area (Å²) in [7, 11) is -2.19. The van der Waals surface area contributed by atoms with Crippen LogP contribution in [-0.2, 0) is 14.8 Å². The van der Waals surface area contributed by atoms with E-state index in [1.807, 2.05) is 6.92 Å². The highest BCUT2D eigenvalue weighted by Crippen LogP contribution is 2.28. The van der Waals surface area contributed by atoms with E-state index < -0.39 is 16.1 Å². The van der Waals surface area contributed by atoms with Crippen LogP contribution in [0.2, 0.25) is 5.02 Å². The lowest BCUT2D eigenvalue weighted by Gasteiger charge is -2.23. The van der Waals surface area contributed by atoms with Crippen molar-refractivity contribution in [3.63, 3.8) is 0 Å². The number of likely N-dealkylation sites (N-methyl/N-ethyl adjacent to an activating group) is 1.